The zero-order valence-corrected chi connectivity index (χ0v) is 11.7. The Morgan fingerprint density at radius 1 is 1.20 bits per heavy atom. The van der Waals surface area contributed by atoms with Gasteiger partial charge in [0, 0.05) is 25.2 Å². The molecule has 0 amide bonds. The van der Waals surface area contributed by atoms with Gasteiger partial charge in [0.15, 0.2) is 0 Å². The van der Waals surface area contributed by atoms with Crippen LogP contribution in [0.5, 0.6) is 0 Å². The maximum absolute atomic E-state index is 10.8. The number of halogens is 1. The van der Waals surface area contributed by atoms with Crippen molar-refractivity contribution in [3.8, 4) is 0 Å². The highest BCUT2D eigenvalue weighted by molar-refractivity contribution is 6.33. The molecule has 0 saturated heterocycles. The summed E-state index contributed by atoms with van der Waals surface area (Å²) in [5, 5.41) is 11.3. The normalized spacial score (nSPS) is 13.4. The lowest BCUT2D eigenvalue weighted by atomic mass is 10.1. The molecule has 2 aromatic rings. The van der Waals surface area contributed by atoms with Gasteiger partial charge in [-0.2, -0.15) is 0 Å². The molecule has 0 fully saturated rings. The van der Waals surface area contributed by atoms with Crippen LogP contribution < -0.4 is 4.90 Å². The Morgan fingerprint density at radius 2 is 1.80 bits per heavy atom. The van der Waals surface area contributed by atoms with Crippen molar-refractivity contribution in [1.29, 1.82) is 0 Å². The average molecular weight is 289 g/mol. The topological polar surface area (TPSA) is 46.4 Å². The lowest BCUT2D eigenvalue weighted by Crippen LogP contribution is -2.16. The van der Waals surface area contributed by atoms with E-state index >= 15 is 0 Å². The second-order valence-electron chi connectivity index (χ2n) is 4.97. The van der Waals surface area contributed by atoms with E-state index in [1.54, 1.807) is 6.07 Å². The Hall–Kier alpha value is -2.07. The number of anilines is 1. The van der Waals surface area contributed by atoms with Crippen LogP contribution in [-0.2, 0) is 13.1 Å². The van der Waals surface area contributed by atoms with Gasteiger partial charge in [0.1, 0.15) is 0 Å². The highest BCUT2D eigenvalue weighted by Gasteiger charge is 2.23. The molecule has 0 N–H and O–H groups in total. The maximum Gasteiger partial charge on any atom is 0.271 e. The lowest BCUT2D eigenvalue weighted by Gasteiger charge is -2.21. The van der Waals surface area contributed by atoms with E-state index in [1.807, 2.05) is 19.1 Å². The third-order valence-electron chi connectivity index (χ3n) is 3.61. The summed E-state index contributed by atoms with van der Waals surface area (Å²) in [6, 6.07) is 11.2. The Morgan fingerprint density at radius 3 is 2.30 bits per heavy atom. The third kappa shape index (κ3) is 2.12. The van der Waals surface area contributed by atoms with Crippen LogP contribution >= 0.6 is 11.6 Å². The monoisotopic (exact) mass is 288 g/mol. The first-order valence-corrected chi connectivity index (χ1v) is 6.70. The van der Waals surface area contributed by atoms with Crippen LogP contribution in [0.25, 0.3) is 0 Å². The summed E-state index contributed by atoms with van der Waals surface area (Å²) in [5.74, 6) is 0. The number of aryl methyl sites for hydroxylation is 1. The van der Waals surface area contributed by atoms with Crippen LogP contribution in [0.3, 0.4) is 0 Å². The summed E-state index contributed by atoms with van der Waals surface area (Å²) in [6.45, 7) is 3.43. The van der Waals surface area contributed by atoms with E-state index in [9.17, 15) is 10.1 Å². The van der Waals surface area contributed by atoms with Crippen molar-refractivity contribution in [3.63, 3.8) is 0 Å². The number of fused-ring (bicyclic) bond motifs is 1. The molecule has 5 heteroatoms. The molecule has 0 unspecified atom stereocenters. The zero-order chi connectivity index (χ0) is 14.3. The maximum atomic E-state index is 10.8. The van der Waals surface area contributed by atoms with Gasteiger partial charge in [0.05, 0.1) is 15.6 Å². The number of nitro benzene ring substituents is 1. The molecule has 0 spiro atoms. The van der Waals surface area contributed by atoms with E-state index in [0.29, 0.717) is 5.02 Å². The molecule has 1 aliphatic rings. The molecular formula is C15H13ClN2O2. The minimum atomic E-state index is -0.415. The predicted molar refractivity (Wildman–Crippen MR) is 79.2 cm³/mol. The SMILES string of the molecule is Cc1cc([N+](=O)[O-])cc(Cl)c1N1Cc2ccccc2C1. The molecule has 0 aliphatic carbocycles. The zero-order valence-electron chi connectivity index (χ0n) is 11.0. The molecule has 2 aromatic carbocycles. The predicted octanol–water partition coefficient (Wildman–Crippen LogP) is 4.08. The number of hydrogen-bond donors (Lipinski definition) is 0. The van der Waals surface area contributed by atoms with Crippen LogP contribution in [0.2, 0.25) is 5.02 Å². The average Bonchev–Trinajstić information content (AvgIpc) is 2.80. The second kappa shape index (κ2) is 4.80. The molecule has 0 aromatic heterocycles. The van der Waals surface area contributed by atoms with E-state index in [4.69, 9.17) is 11.6 Å². The van der Waals surface area contributed by atoms with Crippen LogP contribution in [0, 0.1) is 17.0 Å². The van der Waals surface area contributed by atoms with Crippen molar-refractivity contribution in [2.45, 2.75) is 20.0 Å². The van der Waals surface area contributed by atoms with Gasteiger partial charge in [-0.15, -0.1) is 0 Å². The first kappa shape index (κ1) is 12.9. The molecule has 0 radical (unpaired) electrons. The van der Waals surface area contributed by atoms with Crippen LogP contribution in [0.15, 0.2) is 36.4 Å². The van der Waals surface area contributed by atoms with E-state index < -0.39 is 4.92 Å². The Bertz CT molecular complexity index is 652. The quantitative estimate of drug-likeness (QED) is 0.618. The number of nitro groups is 1. The Kier molecular flexibility index (Phi) is 3.10. The second-order valence-corrected chi connectivity index (χ2v) is 5.38. The molecule has 0 saturated carbocycles. The summed E-state index contributed by atoms with van der Waals surface area (Å²) >= 11 is 6.26. The van der Waals surface area contributed by atoms with Gasteiger partial charge >= 0.3 is 0 Å². The molecule has 0 bridgehead atoms. The smallest absolute Gasteiger partial charge is 0.271 e. The van der Waals surface area contributed by atoms with Crippen molar-refractivity contribution in [2.75, 3.05) is 4.90 Å². The van der Waals surface area contributed by atoms with Crippen molar-refractivity contribution >= 4 is 23.0 Å². The third-order valence-corrected chi connectivity index (χ3v) is 3.89. The minimum Gasteiger partial charge on any atom is -0.361 e. The highest BCUT2D eigenvalue weighted by atomic mass is 35.5. The van der Waals surface area contributed by atoms with Gasteiger partial charge in [0.2, 0.25) is 0 Å². The van der Waals surface area contributed by atoms with E-state index in [-0.39, 0.29) is 5.69 Å². The number of hydrogen-bond acceptors (Lipinski definition) is 3. The molecule has 0 atom stereocenters. The minimum absolute atomic E-state index is 0.0351. The van der Waals surface area contributed by atoms with Gasteiger partial charge in [-0.3, -0.25) is 10.1 Å². The van der Waals surface area contributed by atoms with E-state index in [2.05, 4.69) is 17.0 Å². The molecule has 3 rings (SSSR count). The van der Waals surface area contributed by atoms with Crippen LogP contribution in [0.1, 0.15) is 16.7 Å². The van der Waals surface area contributed by atoms with Crippen molar-refractivity contribution < 1.29 is 4.92 Å². The fraction of sp³-hybridized carbons (Fsp3) is 0.200. The highest BCUT2D eigenvalue weighted by Crippen LogP contribution is 2.38. The summed E-state index contributed by atoms with van der Waals surface area (Å²) < 4.78 is 0. The largest absolute Gasteiger partial charge is 0.361 e. The van der Waals surface area contributed by atoms with Crippen molar-refractivity contribution in [2.24, 2.45) is 0 Å². The molecule has 1 heterocycles. The van der Waals surface area contributed by atoms with E-state index in [1.165, 1.54) is 17.2 Å². The van der Waals surface area contributed by atoms with Gasteiger partial charge in [0.25, 0.3) is 5.69 Å². The summed E-state index contributed by atoms with van der Waals surface area (Å²) in [4.78, 5) is 12.6. The first-order chi connectivity index (χ1) is 9.56. The molecule has 1 aliphatic heterocycles. The van der Waals surface area contributed by atoms with Gasteiger partial charge < -0.3 is 4.90 Å². The molecule has 102 valence electrons. The van der Waals surface area contributed by atoms with Gasteiger partial charge in [-0.1, -0.05) is 35.9 Å². The fourth-order valence-corrected chi connectivity index (χ4v) is 3.10. The Balaban J connectivity index is 1.99. The number of benzene rings is 2. The first-order valence-electron chi connectivity index (χ1n) is 6.32. The van der Waals surface area contributed by atoms with E-state index in [0.717, 1.165) is 24.3 Å². The summed E-state index contributed by atoms with van der Waals surface area (Å²) in [6.07, 6.45) is 0. The molecule has 20 heavy (non-hydrogen) atoms. The molecule has 4 nitrogen and oxygen atoms in total. The van der Waals surface area contributed by atoms with Gasteiger partial charge in [-0.05, 0) is 23.6 Å². The number of non-ortho nitro benzene ring substituents is 1. The number of nitrogens with zero attached hydrogens (tertiary/aromatic N) is 2. The Labute approximate surface area is 121 Å². The molecular weight excluding hydrogens is 276 g/mol. The van der Waals surface area contributed by atoms with Gasteiger partial charge in [-0.25, -0.2) is 0 Å². The number of rotatable bonds is 2. The standard InChI is InChI=1S/C15H13ClN2O2/c1-10-6-13(18(19)20)7-14(16)15(10)17-8-11-4-2-3-5-12(11)9-17/h2-7H,8-9H2,1H3. The lowest BCUT2D eigenvalue weighted by molar-refractivity contribution is -0.384. The summed E-state index contributed by atoms with van der Waals surface area (Å²) in [7, 11) is 0. The van der Waals surface area contributed by atoms with Crippen LogP contribution in [-0.4, -0.2) is 4.92 Å². The fourth-order valence-electron chi connectivity index (χ4n) is 2.72. The van der Waals surface area contributed by atoms with Crippen molar-refractivity contribution in [3.05, 3.63) is 68.2 Å². The summed E-state index contributed by atoms with van der Waals surface area (Å²) in [5.41, 5.74) is 4.31. The van der Waals surface area contributed by atoms with Crippen molar-refractivity contribution in [1.82, 2.24) is 0 Å². The van der Waals surface area contributed by atoms with Crippen LogP contribution in [0.4, 0.5) is 11.4 Å².